The maximum atomic E-state index is 11.0. The van der Waals surface area contributed by atoms with Crippen LogP contribution in [-0.4, -0.2) is 5.91 Å². The number of anilines is 1. The number of nitrogens with zero attached hydrogens (tertiary/aromatic N) is 1. The molecule has 1 heterocycles. The van der Waals surface area contributed by atoms with E-state index in [1.54, 1.807) is 0 Å². The Kier molecular flexibility index (Phi) is 1.75. The number of nitrogens with one attached hydrogen (secondary N) is 1. The lowest BCUT2D eigenvalue weighted by Gasteiger charge is -1.99. The average Bonchev–Trinajstić information content (AvgIpc) is 2.44. The second-order valence-corrected chi connectivity index (χ2v) is 3.05. The lowest BCUT2D eigenvalue weighted by molar-refractivity contribution is -0.115. The molecule has 13 heavy (non-hydrogen) atoms. The van der Waals surface area contributed by atoms with Crippen LogP contribution in [0.5, 0.6) is 0 Å². The van der Waals surface area contributed by atoms with Gasteiger partial charge in [0.1, 0.15) is 0 Å². The molecule has 1 aromatic carbocycles. The predicted octanol–water partition coefficient (Wildman–Crippen LogP) is 1.25. The van der Waals surface area contributed by atoms with Gasteiger partial charge in [-0.15, -0.1) is 0 Å². The van der Waals surface area contributed by atoms with Crippen molar-refractivity contribution in [2.24, 2.45) is 0 Å². The fourth-order valence-corrected chi connectivity index (χ4v) is 1.46. The Balaban J connectivity index is 2.35. The largest absolute Gasteiger partial charge is 0.326 e. The summed E-state index contributed by atoms with van der Waals surface area (Å²) in [6, 6.07) is 7.73. The van der Waals surface area contributed by atoms with Crippen molar-refractivity contribution in [1.82, 2.24) is 0 Å². The van der Waals surface area contributed by atoms with E-state index < -0.39 is 0 Å². The first kappa shape index (κ1) is 7.81. The second-order valence-electron chi connectivity index (χ2n) is 3.05. The molecule has 0 aromatic heterocycles. The van der Waals surface area contributed by atoms with Gasteiger partial charge in [-0.25, -0.2) is 0 Å². The zero-order chi connectivity index (χ0) is 9.26. The molecule has 1 aliphatic heterocycles. The molecule has 2 rings (SSSR count). The summed E-state index contributed by atoms with van der Waals surface area (Å²) in [6.45, 7) is 0. The fourth-order valence-electron chi connectivity index (χ4n) is 1.46. The summed E-state index contributed by atoms with van der Waals surface area (Å²) in [4.78, 5) is 11.0. The number of hydrogen-bond donors (Lipinski definition) is 1. The Bertz CT molecular complexity index is 404. The van der Waals surface area contributed by atoms with Gasteiger partial charge in [0.2, 0.25) is 5.91 Å². The number of rotatable bonds is 1. The van der Waals surface area contributed by atoms with E-state index in [0.717, 1.165) is 16.8 Å². The van der Waals surface area contributed by atoms with E-state index in [1.165, 1.54) is 0 Å². The zero-order valence-electron chi connectivity index (χ0n) is 7.00. The Hall–Kier alpha value is -1.82. The molecule has 0 atom stereocenters. The molecule has 0 bridgehead atoms. The molecule has 0 saturated heterocycles. The van der Waals surface area contributed by atoms with E-state index in [4.69, 9.17) is 5.26 Å². The molecule has 0 radical (unpaired) electrons. The number of carbonyl (C=O) groups excluding carboxylic acids is 1. The maximum absolute atomic E-state index is 11.0. The molecule has 1 N–H and O–H groups in total. The average molecular weight is 172 g/mol. The number of carbonyl (C=O) groups is 1. The van der Waals surface area contributed by atoms with Crippen molar-refractivity contribution in [2.75, 3.05) is 5.32 Å². The molecule has 0 saturated carbocycles. The minimum Gasteiger partial charge on any atom is -0.326 e. The molecule has 1 aromatic rings. The molecule has 0 fully saturated rings. The Morgan fingerprint density at radius 1 is 1.54 bits per heavy atom. The molecule has 3 heteroatoms. The number of benzene rings is 1. The summed E-state index contributed by atoms with van der Waals surface area (Å²) in [5.41, 5.74) is 2.83. The maximum Gasteiger partial charge on any atom is 0.228 e. The van der Waals surface area contributed by atoms with Gasteiger partial charge >= 0.3 is 0 Å². The van der Waals surface area contributed by atoms with Gasteiger partial charge in [0.05, 0.1) is 18.9 Å². The first-order valence-corrected chi connectivity index (χ1v) is 4.08. The van der Waals surface area contributed by atoms with Gasteiger partial charge in [-0.2, -0.15) is 5.26 Å². The first-order valence-electron chi connectivity index (χ1n) is 4.08. The molecule has 3 nitrogen and oxygen atoms in total. The Morgan fingerprint density at radius 2 is 2.38 bits per heavy atom. The van der Waals surface area contributed by atoms with E-state index in [-0.39, 0.29) is 5.91 Å². The Labute approximate surface area is 76.0 Å². The molecule has 0 spiro atoms. The van der Waals surface area contributed by atoms with Crippen molar-refractivity contribution in [3.8, 4) is 6.07 Å². The van der Waals surface area contributed by atoms with Crippen molar-refractivity contribution in [3.63, 3.8) is 0 Å². The van der Waals surface area contributed by atoms with E-state index in [2.05, 4.69) is 11.4 Å². The van der Waals surface area contributed by atoms with Crippen LogP contribution in [0.4, 0.5) is 5.69 Å². The molecule has 0 unspecified atom stereocenters. The smallest absolute Gasteiger partial charge is 0.228 e. The van der Waals surface area contributed by atoms with Crippen LogP contribution >= 0.6 is 0 Å². The fraction of sp³-hybridized carbons (Fsp3) is 0.200. The highest BCUT2D eigenvalue weighted by Crippen LogP contribution is 2.23. The quantitative estimate of drug-likeness (QED) is 0.693. The summed E-state index contributed by atoms with van der Waals surface area (Å²) in [7, 11) is 0. The van der Waals surface area contributed by atoms with Crippen molar-refractivity contribution >= 4 is 11.6 Å². The highest BCUT2D eigenvalue weighted by molar-refractivity contribution is 5.99. The van der Waals surface area contributed by atoms with Crippen LogP contribution in [0.2, 0.25) is 0 Å². The van der Waals surface area contributed by atoms with E-state index >= 15 is 0 Å². The van der Waals surface area contributed by atoms with Gasteiger partial charge < -0.3 is 5.32 Å². The van der Waals surface area contributed by atoms with Crippen LogP contribution in [0.25, 0.3) is 0 Å². The number of hydrogen-bond acceptors (Lipinski definition) is 2. The van der Waals surface area contributed by atoms with Gasteiger partial charge in [0.25, 0.3) is 0 Å². The van der Waals surface area contributed by atoms with Gasteiger partial charge in [-0.05, 0) is 17.2 Å². The monoisotopic (exact) mass is 172 g/mol. The Morgan fingerprint density at radius 3 is 3.15 bits per heavy atom. The summed E-state index contributed by atoms with van der Waals surface area (Å²) in [6.07, 6.45) is 0.852. The third kappa shape index (κ3) is 1.38. The normalized spacial score (nSPS) is 13.3. The predicted molar refractivity (Wildman–Crippen MR) is 48.1 cm³/mol. The molecular weight excluding hydrogens is 164 g/mol. The van der Waals surface area contributed by atoms with E-state index in [9.17, 15) is 4.79 Å². The minimum absolute atomic E-state index is 0.0316. The highest BCUT2D eigenvalue weighted by atomic mass is 16.1. The van der Waals surface area contributed by atoms with Gasteiger partial charge in [-0.3, -0.25) is 4.79 Å². The van der Waals surface area contributed by atoms with Crippen LogP contribution in [0.3, 0.4) is 0 Å². The molecule has 1 amide bonds. The van der Waals surface area contributed by atoms with Crippen LogP contribution in [0, 0.1) is 11.3 Å². The van der Waals surface area contributed by atoms with Gasteiger partial charge in [0.15, 0.2) is 0 Å². The third-order valence-electron chi connectivity index (χ3n) is 2.08. The summed E-state index contributed by atoms with van der Waals surface area (Å²) in [5, 5.41) is 11.2. The van der Waals surface area contributed by atoms with Crippen LogP contribution in [0.15, 0.2) is 18.2 Å². The van der Waals surface area contributed by atoms with Crippen molar-refractivity contribution < 1.29 is 4.79 Å². The molecule has 1 aliphatic rings. The van der Waals surface area contributed by atoms with Crippen molar-refractivity contribution in [3.05, 3.63) is 29.3 Å². The number of nitriles is 1. The van der Waals surface area contributed by atoms with Crippen LogP contribution < -0.4 is 5.32 Å². The van der Waals surface area contributed by atoms with Gasteiger partial charge in [-0.1, -0.05) is 12.1 Å². The third-order valence-corrected chi connectivity index (χ3v) is 2.08. The van der Waals surface area contributed by atoms with Crippen LogP contribution in [-0.2, 0) is 17.6 Å². The zero-order valence-corrected chi connectivity index (χ0v) is 7.00. The van der Waals surface area contributed by atoms with Gasteiger partial charge in [0, 0.05) is 5.69 Å². The SMILES string of the molecule is N#CCc1ccc2c(c1)NC(=O)C2. The standard InChI is InChI=1S/C10H8N2O/c11-4-3-7-1-2-8-6-10(13)12-9(8)5-7/h1-2,5H,3,6H2,(H,12,13). The van der Waals surface area contributed by atoms with E-state index in [0.29, 0.717) is 12.8 Å². The lowest BCUT2D eigenvalue weighted by atomic mass is 10.1. The topological polar surface area (TPSA) is 52.9 Å². The summed E-state index contributed by atoms with van der Waals surface area (Å²) >= 11 is 0. The highest BCUT2D eigenvalue weighted by Gasteiger charge is 2.16. The number of amides is 1. The molecular formula is C10H8N2O. The minimum atomic E-state index is 0.0316. The molecule has 0 aliphatic carbocycles. The van der Waals surface area contributed by atoms with Crippen molar-refractivity contribution in [1.29, 1.82) is 5.26 Å². The first-order chi connectivity index (χ1) is 6.29. The van der Waals surface area contributed by atoms with Crippen LogP contribution in [0.1, 0.15) is 11.1 Å². The summed E-state index contributed by atoms with van der Waals surface area (Å²) in [5.74, 6) is 0.0316. The van der Waals surface area contributed by atoms with Crippen molar-refractivity contribution in [2.45, 2.75) is 12.8 Å². The number of fused-ring (bicyclic) bond motifs is 1. The molecule has 64 valence electrons. The lowest BCUT2D eigenvalue weighted by Crippen LogP contribution is -2.03. The summed E-state index contributed by atoms with van der Waals surface area (Å²) < 4.78 is 0. The van der Waals surface area contributed by atoms with E-state index in [1.807, 2.05) is 18.2 Å². The second kappa shape index (κ2) is 2.91.